The lowest BCUT2D eigenvalue weighted by Crippen LogP contribution is -2.64. The van der Waals surface area contributed by atoms with E-state index in [4.69, 9.17) is 37.9 Å². The zero-order valence-corrected chi connectivity index (χ0v) is 43.8. The quantitative estimate of drug-likeness (QED) is 0.0793. The van der Waals surface area contributed by atoms with Gasteiger partial charge in [-0.05, 0) is 99.2 Å². The van der Waals surface area contributed by atoms with Gasteiger partial charge in [-0.2, -0.15) is 0 Å². The van der Waals surface area contributed by atoms with Crippen LogP contribution in [0.25, 0.3) is 0 Å². The molecule has 75 heavy (non-hydrogen) atoms. The molecule has 0 aromatic rings. The molecule has 8 aliphatic rings. The minimum Gasteiger partial charge on any atom is -0.479 e. The summed E-state index contributed by atoms with van der Waals surface area (Å²) in [5.41, 5.74) is -0.190. The number of rotatable bonds is 15. The summed E-state index contributed by atoms with van der Waals surface area (Å²) in [4.78, 5) is 11.7. The lowest BCUT2D eigenvalue weighted by Gasteiger charge is -2.54. The molecule has 0 unspecified atom stereocenters. The van der Waals surface area contributed by atoms with Gasteiger partial charge in [-0.15, -0.1) is 0 Å². The van der Waals surface area contributed by atoms with Crippen LogP contribution in [0.5, 0.6) is 0 Å². The third-order valence-corrected chi connectivity index (χ3v) is 19.2. The fraction of sp³-hybridized carbons (Fsp3) is 0.904. The number of carboxylic acids is 1. The Bertz CT molecular complexity index is 2040. The van der Waals surface area contributed by atoms with Gasteiger partial charge in [0.15, 0.2) is 31.3 Å². The number of carboxylic acid groups (broad SMARTS) is 1. The normalized spacial score (nSPS) is 49.0. The Kier molecular flexibility index (Phi) is 17.8. The molecular formula is C52H84O23. The lowest BCUT2D eigenvalue weighted by atomic mass is 9.50. The van der Waals surface area contributed by atoms with Crippen LogP contribution in [-0.2, 0) is 42.7 Å². The first-order chi connectivity index (χ1) is 35.0. The van der Waals surface area contributed by atoms with Crippen LogP contribution >= 0.6 is 0 Å². The molecule has 4 aliphatic carbocycles. The molecule has 0 aromatic heterocycles. The molecule has 14 N–H and O–H groups in total. The minimum absolute atomic E-state index is 0.124. The first kappa shape index (κ1) is 59.2. The number of aliphatic hydroxyl groups is 13. The Morgan fingerprint density at radius 3 is 1.97 bits per heavy atom. The minimum atomic E-state index is -1.88. The molecule has 23 heteroatoms. The molecule has 0 amide bonds. The molecule has 8 rings (SSSR count). The molecular weight excluding hydrogens is 993 g/mol. The number of allylic oxidation sites excluding steroid dienone is 2. The second-order valence-corrected chi connectivity index (χ2v) is 24.4. The van der Waals surface area contributed by atoms with Gasteiger partial charge in [0.1, 0.15) is 79.4 Å². The first-order valence-electron chi connectivity index (χ1n) is 26.6. The molecule has 23 nitrogen and oxygen atoms in total. The molecule has 2 saturated carbocycles. The highest BCUT2D eigenvalue weighted by Crippen LogP contribution is 2.69. The largest absolute Gasteiger partial charge is 0.479 e. The number of ether oxygens (including phenoxy) is 8. The molecule has 4 saturated heterocycles. The lowest BCUT2D eigenvalue weighted by molar-refractivity contribution is -0.363. The van der Waals surface area contributed by atoms with Gasteiger partial charge >= 0.3 is 5.97 Å². The zero-order valence-electron chi connectivity index (χ0n) is 43.8. The van der Waals surface area contributed by atoms with E-state index >= 15 is 0 Å². The van der Waals surface area contributed by atoms with Crippen molar-refractivity contribution in [1.82, 2.24) is 0 Å². The van der Waals surface area contributed by atoms with Crippen LogP contribution in [-0.4, -0.2) is 232 Å². The monoisotopic (exact) mass is 1080 g/mol. The Morgan fingerprint density at radius 2 is 1.32 bits per heavy atom. The molecule has 6 fully saturated rings. The van der Waals surface area contributed by atoms with E-state index in [-0.39, 0.29) is 41.1 Å². The Morgan fingerprint density at radius 1 is 0.707 bits per heavy atom. The molecule has 4 aliphatic heterocycles. The van der Waals surface area contributed by atoms with Crippen LogP contribution in [0.1, 0.15) is 99.8 Å². The van der Waals surface area contributed by atoms with Gasteiger partial charge in [-0.25, -0.2) is 4.79 Å². The maximum Gasteiger partial charge on any atom is 0.335 e. The molecule has 27 atom stereocenters. The van der Waals surface area contributed by atoms with Gasteiger partial charge in [0.2, 0.25) is 0 Å². The molecule has 0 aromatic carbocycles. The molecule has 430 valence electrons. The molecule has 0 radical (unpaired) electrons. The Labute approximate surface area is 436 Å². The van der Waals surface area contributed by atoms with Crippen LogP contribution in [0, 0.1) is 39.9 Å². The van der Waals surface area contributed by atoms with E-state index in [1.165, 1.54) is 11.1 Å². The summed E-state index contributed by atoms with van der Waals surface area (Å²) in [6.07, 6.45) is -22.4. The van der Waals surface area contributed by atoms with E-state index in [9.17, 15) is 76.3 Å². The number of aliphatic hydroxyl groups excluding tert-OH is 13. The van der Waals surface area contributed by atoms with Crippen LogP contribution in [0.3, 0.4) is 0 Å². The second kappa shape index (κ2) is 22.6. The van der Waals surface area contributed by atoms with Crippen molar-refractivity contribution >= 4 is 5.97 Å². The summed E-state index contributed by atoms with van der Waals surface area (Å²) in [6, 6.07) is 0. The number of aliphatic carboxylic acids is 1. The number of carbonyl (C=O) groups is 1. The van der Waals surface area contributed by atoms with Crippen molar-refractivity contribution in [2.45, 2.75) is 234 Å². The van der Waals surface area contributed by atoms with Gasteiger partial charge in [-0.3, -0.25) is 0 Å². The average molecular weight is 1080 g/mol. The smallest absolute Gasteiger partial charge is 0.335 e. The number of hydrogen-bond acceptors (Lipinski definition) is 22. The van der Waals surface area contributed by atoms with Crippen LogP contribution in [0.15, 0.2) is 23.3 Å². The third kappa shape index (κ3) is 11.0. The summed E-state index contributed by atoms with van der Waals surface area (Å²) in [5.74, 6) is -1.54. The zero-order chi connectivity index (χ0) is 55.0. The van der Waals surface area contributed by atoms with Crippen molar-refractivity contribution in [1.29, 1.82) is 0 Å². The Balaban J connectivity index is 0.928. The highest BCUT2D eigenvalue weighted by molar-refractivity contribution is 5.73. The summed E-state index contributed by atoms with van der Waals surface area (Å²) in [5, 5.41) is 150. The van der Waals surface area contributed by atoms with E-state index in [0.717, 1.165) is 19.3 Å². The van der Waals surface area contributed by atoms with Crippen molar-refractivity contribution in [3.05, 3.63) is 23.3 Å². The molecule has 0 bridgehead atoms. The number of fused-ring (bicyclic) bond motifs is 4. The molecule has 4 heterocycles. The summed E-state index contributed by atoms with van der Waals surface area (Å²) in [6.45, 7) is 12.8. The average Bonchev–Trinajstić information content (AvgIpc) is 3.53. The summed E-state index contributed by atoms with van der Waals surface area (Å²) in [7, 11) is 0. The highest BCUT2D eigenvalue weighted by Gasteiger charge is 2.63. The van der Waals surface area contributed by atoms with E-state index in [1.807, 2.05) is 13.8 Å². The maximum atomic E-state index is 12.6. The third-order valence-electron chi connectivity index (χ3n) is 19.2. The van der Waals surface area contributed by atoms with Crippen LogP contribution in [0.2, 0.25) is 0 Å². The maximum absolute atomic E-state index is 12.6. The fourth-order valence-corrected chi connectivity index (χ4v) is 14.1. The van der Waals surface area contributed by atoms with Crippen molar-refractivity contribution in [3.63, 3.8) is 0 Å². The predicted octanol–water partition coefficient (Wildman–Crippen LogP) is -1.94. The van der Waals surface area contributed by atoms with Crippen molar-refractivity contribution in [3.8, 4) is 0 Å². The number of hydrogen-bond donors (Lipinski definition) is 14. The van der Waals surface area contributed by atoms with Crippen molar-refractivity contribution < 1.29 is 114 Å². The van der Waals surface area contributed by atoms with Gasteiger partial charge < -0.3 is 109 Å². The summed E-state index contributed by atoms with van der Waals surface area (Å²) >= 11 is 0. The van der Waals surface area contributed by atoms with Crippen molar-refractivity contribution in [2.75, 3.05) is 19.8 Å². The van der Waals surface area contributed by atoms with Gasteiger partial charge in [0.25, 0.3) is 0 Å². The topological polar surface area (TPSA) is 374 Å². The van der Waals surface area contributed by atoms with E-state index in [0.29, 0.717) is 32.1 Å². The summed E-state index contributed by atoms with van der Waals surface area (Å²) < 4.78 is 46.7. The first-order valence-corrected chi connectivity index (χ1v) is 26.6. The van der Waals surface area contributed by atoms with E-state index in [2.05, 4.69) is 32.9 Å². The van der Waals surface area contributed by atoms with E-state index in [1.54, 1.807) is 13.8 Å². The Hall–Kier alpha value is -1.89. The fourth-order valence-electron chi connectivity index (χ4n) is 14.1. The SMILES string of the molecule is C[C@H](CC[C@@H](O)C(C)(C)O[C@@H]1O[C@H](C(=O)O)[C@@H](O)[C@H](O)[C@H]1O)[C@H]1CC[C@@]2(C)[C@H]3C(=CC[C@]12C)CC1=CC[C@H](O[C@@H]2O[C@H](CO[C@@H]4OC[C@H](O)[C@H](O)[C@H]4O)[C@@H](O[C@@H]4OC[C@@H](O)[C@H](O)[C@H]4O)[C@H](O)[C@H]2O)C(C)(C)[C@@H]1C[C@@H]3O. The van der Waals surface area contributed by atoms with Gasteiger partial charge in [-0.1, -0.05) is 57.9 Å². The van der Waals surface area contributed by atoms with E-state index < -0.39 is 159 Å². The van der Waals surface area contributed by atoms with Crippen LogP contribution in [0.4, 0.5) is 0 Å². The van der Waals surface area contributed by atoms with Crippen LogP contribution < -0.4 is 0 Å². The van der Waals surface area contributed by atoms with Gasteiger partial charge in [0, 0.05) is 5.92 Å². The highest BCUT2D eigenvalue weighted by atomic mass is 16.8. The predicted molar refractivity (Wildman–Crippen MR) is 256 cm³/mol. The second-order valence-electron chi connectivity index (χ2n) is 24.4. The van der Waals surface area contributed by atoms with Gasteiger partial charge in [0.05, 0.1) is 43.7 Å². The standard InChI is InChI=1S/C52H84O23/c1-21(8-10-30(56)50(4,5)75-48-40(64)35(59)36(60)43(74-48)44(66)67)24-13-15-52(7)32-23(12-14-51(24,52)6)16-22-9-11-31(49(2,3)25(22)17-26(32)53)72-47-41(65)37(61)42(73-46-39(63)34(58)28(55)19-69-46)29(71-47)20-70-45-38(62)33(57)27(54)18-68-45/h9,12,21,24-43,45-48,53-65H,8,10-11,13-20H2,1-7H3,(H,66,67)/t21-,24-,25-,26+,27+,28-,29-,30-,31+,32+,33+,34+,35+,36+,37-,38-,39-,40-,41-,42-,43+,45+,46+,47+,48+,51-,52+/m1/s1. The van der Waals surface area contributed by atoms with Crippen molar-refractivity contribution in [2.24, 2.45) is 39.9 Å². The molecule has 0 spiro atoms.